The molecule has 0 aromatic heterocycles. The van der Waals surface area contributed by atoms with Crippen LogP contribution in [0.2, 0.25) is 0 Å². The summed E-state index contributed by atoms with van der Waals surface area (Å²) in [7, 11) is 0. The number of benzene rings is 2. The van der Waals surface area contributed by atoms with Gasteiger partial charge in [0, 0.05) is 11.6 Å². The van der Waals surface area contributed by atoms with Crippen LogP contribution in [-0.4, -0.2) is 0 Å². The lowest BCUT2D eigenvalue weighted by molar-refractivity contribution is 0.301. The monoisotopic (exact) mass is 283 g/mol. The molecule has 0 saturated heterocycles. The van der Waals surface area contributed by atoms with E-state index in [0.717, 1.165) is 11.3 Å². The van der Waals surface area contributed by atoms with Crippen molar-refractivity contribution in [1.29, 1.82) is 0 Å². The molecule has 0 amide bonds. The molecule has 0 unspecified atom stereocenters. The van der Waals surface area contributed by atoms with E-state index in [-0.39, 0.29) is 6.04 Å². The minimum absolute atomic E-state index is 0.0242. The van der Waals surface area contributed by atoms with Crippen molar-refractivity contribution in [2.45, 2.75) is 46.3 Å². The summed E-state index contributed by atoms with van der Waals surface area (Å²) in [5.41, 5.74) is 10.8. The van der Waals surface area contributed by atoms with E-state index in [1.54, 1.807) is 0 Å². The van der Waals surface area contributed by atoms with Crippen LogP contribution < -0.4 is 10.5 Å². The van der Waals surface area contributed by atoms with Gasteiger partial charge in [-0.2, -0.15) is 0 Å². The van der Waals surface area contributed by atoms with Crippen LogP contribution in [0.5, 0.6) is 5.75 Å². The van der Waals surface area contributed by atoms with Crippen molar-refractivity contribution in [3.63, 3.8) is 0 Å². The first-order chi connectivity index (χ1) is 9.97. The third-order valence-electron chi connectivity index (χ3n) is 3.70. The quantitative estimate of drug-likeness (QED) is 0.862. The molecule has 0 aliphatic rings. The van der Waals surface area contributed by atoms with Gasteiger partial charge in [-0.15, -0.1) is 0 Å². The second-order valence-electron chi connectivity index (χ2n) is 6.01. The van der Waals surface area contributed by atoms with Crippen molar-refractivity contribution in [3.05, 3.63) is 64.7 Å². The van der Waals surface area contributed by atoms with E-state index >= 15 is 0 Å². The first kappa shape index (κ1) is 15.6. The fourth-order valence-electron chi connectivity index (χ4n) is 2.30. The molecule has 0 bridgehead atoms. The number of nitrogens with two attached hydrogens (primary N) is 1. The van der Waals surface area contributed by atoms with Crippen molar-refractivity contribution in [2.75, 3.05) is 0 Å². The lowest BCUT2D eigenvalue weighted by Crippen LogP contribution is -2.08. The Morgan fingerprint density at radius 3 is 2.24 bits per heavy atom. The van der Waals surface area contributed by atoms with Gasteiger partial charge >= 0.3 is 0 Å². The molecule has 2 heteroatoms. The molecule has 2 nitrogen and oxygen atoms in total. The van der Waals surface area contributed by atoms with Gasteiger partial charge in [0.05, 0.1) is 0 Å². The Bertz CT molecular complexity index is 585. The summed E-state index contributed by atoms with van der Waals surface area (Å²) >= 11 is 0. The van der Waals surface area contributed by atoms with Crippen molar-refractivity contribution in [1.82, 2.24) is 0 Å². The van der Waals surface area contributed by atoms with Gasteiger partial charge in [0.25, 0.3) is 0 Å². The fraction of sp³-hybridized carbons (Fsp3) is 0.368. The molecule has 112 valence electrons. The Balaban J connectivity index is 2.10. The second kappa shape index (κ2) is 6.77. The van der Waals surface area contributed by atoms with Crippen molar-refractivity contribution in [2.24, 2.45) is 5.73 Å². The average Bonchev–Trinajstić information content (AvgIpc) is 2.45. The van der Waals surface area contributed by atoms with E-state index < -0.39 is 0 Å². The van der Waals surface area contributed by atoms with Crippen molar-refractivity contribution >= 4 is 0 Å². The molecule has 0 aliphatic carbocycles. The molecule has 0 radical (unpaired) electrons. The zero-order valence-corrected chi connectivity index (χ0v) is 13.4. The Labute approximate surface area is 127 Å². The van der Waals surface area contributed by atoms with Crippen LogP contribution in [0, 0.1) is 6.92 Å². The number of hydrogen-bond acceptors (Lipinski definition) is 2. The van der Waals surface area contributed by atoms with E-state index in [2.05, 4.69) is 63.2 Å². The molecule has 2 rings (SSSR count). The SMILES string of the molecule is Cc1ccc([C@@H](C)N)c(OCc2ccc(C(C)C)cc2)c1. The summed E-state index contributed by atoms with van der Waals surface area (Å²) in [4.78, 5) is 0. The maximum absolute atomic E-state index is 6.01. The van der Waals surface area contributed by atoms with E-state index in [1.165, 1.54) is 16.7 Å². The van der Waals surface area contributed by atoms with Crippen molar-refractivity contribution in [3.8, 4) is 5.75 Å². The predicted molar refractivity (Wildman–Crippen MR) is 88.6 cm³/mol. The van der Waals surface area contributed by atoms with E-state index in [4.69, 9.17) is 10.5 Å². The molecule has 2 N–H and O–H groups in total. The van der Waals surface area contributed by atoms with Gasteiger partial charge in [0.1, 0.15) is 12.4 Å². The van der Waals surface area contributed by atoms with Crippen LogP contribution in [0.15, 0.2) is 42.5 Å². The van der Waals surface area contributed by atoms with Gasteiger partial charge in [-0.1, -0.05) is 50.2 Å². The third-order valence-corrected chi connectivity index (χ3v) is 3.70. The van der Waals surface area contributed by atoms with Crippen molar-refractivity contribution < 1.29 is 4.74 Å². The molecule has 0 saturated carbocycles. The minimum Gasteiger partial charge on any atom is -0.489 e. The standard InChI is InChI=1S/C19H25NO/c1-13(2)17-8-6-16(7-9-17)12-21-19-11-14(3)5-10-18(19)15(4)20/h5-11,13,15H,12,20H2,1-4H3/t15-/m1/s1. The molecule has 1 atom stereocenters. The Hall–Kier alpha value is -1.80. The molecule has 0 heterocycles. The van der Waals surface area contributed by atoms with Gasteiger partial charge < -0.3 is 10.5 Å². The molecule has 0 fully saturated rings. The zero-order valence-electron chi connectivity index (χ0n) is 13.4. The average molecular weight is 283 g/mol. The van der Waals surface area contributed by atoms with E-state index in [0.29, 0.717) is 12.5 Å². The highest BCUT2D eigenvalue weighted by molar-refractivity contribution is 5.39. The third kappa shape index (κ3) is 4.08. The Morgan fingerprint density at radius 2 is 1.67 bits per heavy atom. The zero-order chi connectivity index (χ0) is 15.4. The van der Waals surface area contributed by atoms with Gasteiger partial charge in [0.15, 0.2) is 0 Å². The topological polar surface area (TPSA) is 35.2 Å². The molecule has 2 aromatic carbocycles. The van der Waals surface area contributed by atoms with Crippen LogP contribution in [0.25, 0.3) is 0 Å². The lowest BCUT2D eigenvalue weighted by atomic mass is 10.0. The van der Waals surface area contributed by atoms with Gasteiger partial charge in [-0.25, -0.2) is 0 Å². The Morgan fingerprint density at radius 1 is 1.00 bits per heavy atom. The van der Waals surface area contributed by atoms with Crippen LogP contribution in [-0.2, 0) is 6.61 Å². The largest absolute Gasteiger partial charge is 0.489 e. The minimum atomic E-state index is -0.0242. The lowest BCUT2D eigenvalue weighted by Gasteiger charge is -2.15. The first-order valence-corrected chi connectivity index (χ1v) is 7.55. The number of ether oxygens (including phenoxy) is 1. The Kier molecular flexibility index (Phi) is 5.03. The molecule has 0 spiro atoms. The van der Waals surface area contributed by atoms with Crippen LogP contribution in [0.3, 0.4) is 0 Å². The molecule has 21 heavy (non-hydrogen) atoms. The van der Waals surface area contributed by atoms with E-state index in [9.17, 15) is 0 Å². The number of aryl methyl sites for hydroxylation is 1. The fourth-order valence-corrected chi connectivity index (χ4v) is 2.30. The highest BCUT2D eigenvalue weighted by Gasteiger charge is 2.08. The summed E-state index contributed by atoms with van der Waals surface area (Å²) in [5.74, 6) is 1.44. The van der Waals surface area contributed by atoms with Gasteiger partial charge in [0.2, 0.25) is 0 Å². The summed E-state index contributed by atoms with van der Waals surface area (Å²) < 4.78 is 5.99. The summed E-state index contributed by atoms with van der Waals surface area (Å²) in [6.45, 7) is 9.02. The maximum atomic E-state index is 6.01. The normalized spacial score (nSPS) is 12.5. The smallest absolute Gasteiger partial charge is 0.124 e. The maximum Gasteiger partial charge on any atom is 0.124 e. The van der Waals surface area contributed by atoms with Crippen LogP contribution >= 0.6 is 0 Å². The highest BCUT2D eigenvalue weighted by atomic mass is 16.5. The first-order valence-electron chi connectivity index (χ1n) is 7.55. The number of hydrogen-bond donors (Lipinski definition) is 1. The van der Waals surface area contributed by atoms with E-state index in [1.807, 2.05) is 6.92 Å². The number of rotatable bonds is 5. The molecular weight excluding hydrogens is 258 g/mol. The summed E-state index contributed by atoms with van der Waals surface area (Å²) in [6.07, 6.45) is 0. The van der Waals surface area contributed by atoms with Crippen LogP contribution in [0.1, 0.15) is 55.0 Å². The summed E-state index contributed by atoms with van der Waals surface area (Å²) in [5, 5.41) is 0. The second-order valence-corrected chi connectivity index (χ2v) is 6.01. The molecular formula is C19H25NO. The van der Waals surface area contributed by atoms with Gasteiger partial charge in [-0.3, -0.25) is 0 Å². The highest BCUT2D eigenvalue weighted by Crippen LogP contribution is 2.26. The van der Waals surface area contributed by atoms with Crippen LogP contribution in [0.4, 0.5) is 0 Å². The molecule has 2 aromatic rings. The molecule has 0 aliphatic heterocycles. The summed E-state index contributed by atoms with van der Waals surface area (Å²) in [6, 6.07) is 14.8. The predicted octanol–water partition coefficient (Wildman–Crippen LogP) is 4.72. The van der Waals surface area contributed by atoms with Gasteiger partial charge in [-0.05, 0) is 42.5 Å².